The molecule has 0 radical (unpaired) electrons. The Kier molecular flexibility index (Phi) is 4.04. The van der Waals surface area contributed by atoms with Gasteiger partial charge >= 0.3 is 0 Å². The summed E-state index contributed by atoms with van der Waals surface area (Å²) in [5, 5.41) is 0. The fraction of sp³-hybridized carbons (Fsp3) is 0.400. The van der Waals surface area contributed by atoms with Crippen molar-refractivity contribution in [1.82, 2.24) is 6.15 Å². The van der Waals surface area contributed by atoms with Crippen LogP contribution in [-0.2, 0) is 15.5 Å². The highest BCUT2D eigenvalue weighted by Gasteiger charge is 2.23. The van der Waals surface area contributed by atoms with Crippen molar-refractivity contribution in [2.75, 3.05) is 0 Å². The van der Waals surface area contributed by atoms with Crippen LogP contribution in [0.4, 0.5) is 0 Å². The van der Waals surface area contributed by atoms with Gasteiger partial charge in [0.25, 0.3) is 10.1 Å². The average Bonchev–Trinajstić information content (AvgIpc) is 2.01. The predicted molar refractivity (Wildman–Crippen MR) is 60.0 cm³/mol. The molecule has 0 spiro atoms. The summed E-state index contributed by atoms with van der Waals surface area (Å²) >= 11 is 0. The Bertz CT molecular complexity index is 432. The van der Waals surface area contributed by atoms with Gasteiger partial charge in [0, 0.05) is 0 Å². The van der Waals surface area contributed by atoms with Gasteiger partial charge in [-0.25, -0.2) is 0 Å². The van der Waals surface area contributed by atoms with E-state index in [1.807, 2.05) is 20.8 Å². The molecule has 0 unspecified atom stereocenters. The van der Waals surface area contributed by atoms with Gasteiger partial charge < -0.3 is 6.15 Å². The third-order valence-corrected chi connectivity index (χ3v) is 2.88. The molecule has 0 heterocycles. The molecule has 0 bridgehead atoms. The first kappa shape index (κ1) is 14.1. The molecule has 0 aliphatic heterocycles. The van der Waals surface area contributed by atoms with Gasteiger partial charge in [0.2, 0.25) is 0 Å². The van der Waals surface area contributed by atoms with E-state index in [9.17, 15) is 8.42 Å². The molecule has 4 nitrogen and oxygen atoms in total. The van der Waals surface area contributed by atoms with Crippen LogP contribution in [0, 0.1) is 0 Å². The van der Waals surface area contributed by atoms with E-state index < -0.39 is 10.1 Å². The molecule has 0 atom stereocenters. The molecule has 1 aromatic carbocycles. The second-order valence-electron chi connectivity index (χ2n) is 4.22. The lowest BCUT2D eigenvalue weighted by Gasteiger charge is -2.21. The van der Waals surface area contributed by atoms with Crippen molar-refractivity contribution in [2.45, 2.75) is 31.1 Å². The van der Waals surface area contributed by atoms with E-state index in [1.165, 1.54) is 6.07 Å². The van der Waals surface area contributed by atoms with Crippen molar-refractivity contribution >= 4 is 10.1 Å². The SMILES string of the molecule is CC(C)(C)c1ccccc1S(=O)(=O)O.N. The number of hydrogen-bond donors (Lipinski definition) is 2. The molecule has 0 aromatic heterocycles. The third-order valence-electron chi connectivity index (χ3n) is 1.97. The molecule has 86 valence electrons. The van der Waals surface area contributed by atoms with Crippen LogP contribution in [0.3, 0.4) is 0 Å². The Morgan fingerprint density at radius 3 is 1.93 bits per heavy atom. The molecule has 0 saturated carbocycles. The van der Waals surface area contributed by atoms with E-state index in [4.69, 9.17) is 4.55 Å². The Hall–Kier alpha value is -0.910. The van der Waals surface area contributed by atoms with Gasteiger partial charge in [-0.05, 0) is 17.0 Å². The van der Waals surface area contributed by atoms with Crippen LogP contribution < -0.4 is 6.15 Å². The van der Waals surface area contributed by atoms with E-state index in [0.717, 1.165) is 0 Å². The molecule has 0 saturated heterocycles. The highest BCUT2D eigenvalue weighted by atomic mass is 32.2. The topological polar surface area (TPSA) is 89.4 Å². The highest BCUT2D eigenvalue weighted by Crippen LogP contribution is 2.28. The summed E-state index contributed by atoms with van der Waals surface area (Å²) in [7, 11) is -4.12. The van der Waals surface area contributed by atoms with Gasteiger partial charge in [0.05, 0.1) is 4.90 Å². The molecule has 4 N–H and O–H groups in total. The van der Waals surface area contributed by atoms with Crippen LogP contribution in [-0.4, -0.2) is 13.0 Å². The molecule has 5 heteroatoms. The maximum atomic E-state index is 11.1. The van der Waals surface area contributed by atoms with Crippen LogP contribution in [0.25, 0.3) is 0 Å². The summed E-state index contributed by atoms with van der Waals surface area (Å²) in [6, 6.07) is 6.48. The molecular weight excluding hydrogens is 214 g/mol. The van der Waals surface area contributed by atoms with Crippen molar-refractivity contribution in [1.29, 1.82) is 0 Å². The molecular formula is C10H17NO3S. The number of benzene rings is 1. The fourth-order valence-corrected chi connectivity index (χ4v) is 2.21. The Balaban J connectivity index is 0.00000196. The lowest BCUT2D eigenvalue weighted by Crippen LogP contribution is -2.16. The lowest BCUT2D eigenvalue weighted by molar-refractivity contribution is 0.476. The summed E-state index contributed by atoms with van der Waals surface area (Å²) < 4.78 is 31.1. The molecule has 1 rings (SSSR count). The summed E-state index contributed by atoms with van der Waals surface area (Å²) in [4.78, 5) is -0.00694. The van der Waals surface area contributed by atoms with Crippen LogP contribution in [0.5, 0.6) is 0 Å². The van der Waals surface area contributed by atoms with Gasteiger partial charge in [-0.2, -0.15) is 8.42 Å². The van der Waals surface area contributed by atoms with Crippen molar-refractivity contribution in [3.05, 3.63) is 29.8 Å². The average molecular weight is 231 g/mol. The van der Waals surface area contributed by atoms with Crippen molar-refractivity contribution < 1.29 is 13.0 Å². The zero-order chi connectivity index (χ0) is 11.0. The molecule has 0 fully saturated rings. The van der Waals surface area contributed by atoms with E-state index in [-0.39, 0.29) is 16.5 Å². The summed E-state index contributed by atoms with van der Waals surface area (Å²) in [6.45, 7) is 5.70. The maximum absolute atomic E-state index is 11.1. The molecule has 15 heavy (non-hydrogen) atoms. The van der Waals surface area contributed by atoms with Gasteiger partial charge in [-0.15, -0.1) is 0 Å². The first-order valence-corrected chi connectivity index (χ1v) is 5.74. The Morgan fingerprint density at radius 1 is 1.13 bits per heavy atom. The minimum Gasteiger partial charge on any atom is -0.344 e. The Morgan fingerprint density at radius 2 is 1.60 bits per heavy atom. The van der Waals surface area contributed by atoms with Crippen LogP contribution in [0.15, 0.2) is 29.2 Å². The van der Waals surface area contributed by atoms with Crippen molar-refractivity contribution in [3.63, 3.8) is 0 Å². The summed E-state index contributed by atoms with van der Waals surface area (Å²) in [5.41, 5.74) is 0.328. The van der Waals surface area contributed by atoms with Crippen LogP contribution >= 0.6 is 0 Å². The molecule has 0 aliphatic carbocycles. The van der Waals surface area contributed by atoms with E-state index in [1.54, 1.807) is 18.2 Å². The van der Waals surface area contributed by atoms with Gasteiger partial charge in [0.15, 0.2) is 0 Å². The molecule has 1 aromatic rings. The molecule has 0 aliphatic rings. The summed E-state index contributed by atoms with van der Waals surface area (Å²) in [5.74, 6) is 0. The first-order valence-electron chi connectivity index (χ1n) is 4.30. The first-order chi connectivity index (χ1) is 6.23. The Labute approximate surface area is 90.7 Å². The fourth-order valence-electron chi connectivity index (χ4n) is 1.31. The third kappa shape index (κ3) is 3.30. The standard InChI is InChI=1S/C10H14O3S.H3N/c1-10(2,3)8-6-4-5-7-9(8)14(11,12)13;/h4-7H,1-3H3,(H,11,12,13);1H3. The maximum Gasteiger partial charge on any atom is 0.294 e. The van der Waals surface area contributed by atoms with E-state index in [2.05, 4.69) is 0 Å². The number of rotatable bonds is 1. The minimum atomic E-state index is -4.12. The zero-order valence-electron chi connectivity index (χ0n) is 9.19. The van der Waals surface area contributed by atoms with Crippen molar-refractivity contribution in [3.8, 4) is 0 Å². The van der Waals surface area contributed by atoms with Gasteiger partial charge in [0.1, 0.15) is 0 Å². The second kappa shape index (κ2) is 4.30. The van der Waals surface area contributed by atoms with Crippen LogP contribution in [0.2, 0.25) is 0 Å². The minimum absolute atomic E-state index is 0. The molecule has 0 amide bonds. The van der Waals surface area contributed by atoms with Gasteiger partial charge in [-0.1, -0.05) is 39.0 Å². The van der Waals surface area contributed by atoms with E-state index in [0.29, 0.717) is 5.56 Å². The van der Waals surface area contributed by atoms with Crippen LogP contribution in [0.1, 0.15) is 26.3 Å². The second-order valence-corrected chi connectivity index (χ2v) is 5.61. The normalized spacial score (nSPS) is 12.0. The smallest absolute Gasteiger partial charge is 0.294 e. The zero-order valence-corrected chi connectivity index (χ0v) is 10.0. The highest BCUT2D eigenvalue weighted by molar-refractivity contribution is 7.85. The van der Waals surface area contributed by atoms with E-state index >= 15 is 0 Å². The summed E-state index contributed by atoms with van der Waals surface area (Å²) in [6.07, 6.45) is 0. The van der Waals surface area contributed by atoms with Crippen molar-refractivity contribution in [2.24, 2.45) is 0 Å². The predicted octanol–water partition coefficient (Wildman–Crippen LogP) is 2.39. The largest absolute Gasteiger partial charge is 0.344 e. The monoisotopic (exact) mass is 231 g/mol. The quantitative estimate of drug-likeness (QED) is 0.726. The van der Waals surface area contributed by atoms with Gasteiger partial charge in [-0.3, -0.25) is 4.55 Å². The number of hydrogen-bond acceptors (Lipinski definition) is 3. The lowest BCUT2D eigenvalue weighted by atomic mass is 9.87.